The van der Waals surface area contributed by atoms with Crippen LogP contribution in [-0.2, 0) is 0 Å². The maximum atomic E-state index is 13.6. The van der Waals surface area contributed by atoms with Crippen LogP contribution in [0.4, 0.5) is 8.78 Å². The Morgan fingerprint density at radius 1 is 1.04 bits per heavy atom. The number of hydrogen-bond donors (Lipinski definition) is 1. The maximum Gasteiger partial charge on any atom is 0.254 e. The van der Waals surface area contributed by atoms with Crippen LogP contribution < -0.4 is 0 Å². The molecule has 1 amide bonds. The molecule has 2 aromatic carbocycles. The summed E-state index contributed by atoms with van der Waals surface area (Å²) < 4.78 is 27.1. The Balaban J connectivity index is 1.75. The monoisotopic (exact) mass is 371 g/mol. The van der Waals surface area contributed by atoms with Crippen molar-refractivity contribution in [1.82, 2.24) is 4.90 Å². The summed E-state index contributed by atoms with van der Waals surface area (Å²) >= 11 is 0. The van der Waals surface area contributed by atoms with Gasteiger partial charge in [-0.1, -0.05) is 31.0 Å². The van der Waals surface area contributed by atoms with Crippen LogP contribution in [0.3, 0.4) is 0 Å². The number of rotatable bonds is 2. The average molecular weight is 371 g/mol. The minimum Gasteiger partial charge on any atom is -0.389 e. The van der Waals surface area contributed by atoms with E-state index < -0.39 is 11.4 Å². The van der Waals surface area contributed by atoms with E-state index in [0.29, 0.717) is 18.5 Å². The predicted octanol–water partition coefficient (Wildman–Crippen LogP) is 4.47. The van der Waals surface area contributed by atoms with E-state index in [1.54, 1.807) is 23.1 Å². The molecule has 5 heteroatoms. The smallest absolute Gasteiger partial charge is 0.254 e. The van der Waals surface area contributed by atoms with Gasteiger partial charge in [0.1, 0.15) is 11.6 Å². The maximum absolute atomic E-state index is 13.6. The number of aliphatic hydroxyl groups is 1. The van der Waals surface area contributed by atoms with E-state index in [-0.39, 0.29) is 23.7 Å². The van der Waals surface area contributed by atoms with Crippen molar-refractivity contribution in [3.8, 4) is 0 Å². The van der Waals surface area contributed by atoms with Crippen LogP contribution in [0, 0.1) is 17.6 Å². The lowest BCUT2D eigenvalue weighted by molar-refractivity contribution is -0.115. The lowest BCUT2D eigenvalue weighted by atomic mass is 9.66. The van der Waals surface area contributed by atoms with Crippen LogP contribution in [0.1, 0.15) is 54.1 Å². The standard InChI is InChI=1S/C22H23F2NO2/c23-17-9-7-15(8-10-17)20-19-6-1-2-11-22(19,27)12-13-25(20)21(26)16-4-3-5-18(24)14-16/h3-5,7-10,14,19-20,27H,1-2,6,11-13H2. The van der Waals surface area contributed by atoms with E-state index in [1.807, 2.05) is 0 Å². The number of carbonyl (C=O) groups is 1. The number of amides is 1. The van der Waals surface area contributed by atoms with Crippen LogP contribution in [0.15, 0.2) is 48.5 Å². The summed E-state index contributed by atoms with van der Waals surface area (Å²) in [6, 6.07) is 11.5. The number of halogens is 2. The molecule has 2 fully saturated rings. The largest absolute Gasteiger partial charge is 0.389 e. The molecule has 1 N–H and O–H groups in total. The van der Waals surface area contributed by atoms with Gasteiger partial charge in [0.15, 0.2) is 0 Å². The van der Waals surface area contributed by atoms with Crippen molar-refractivity contribution < 1.29 is 18.7 Å². The number of hydrogen-bond acceptors (Lipinski definition) is 2. The fourth-order valence-electron chi connectivity index (χ4n) is 4.77. The molecule has 0 aromatic heterocycles. The summed E-state index contributed by atoms with van der Waals surface area (Å²) in [6.45, 7) is 0.393. The number of benzene rings is 2. The van der Waals surface area contributed by atoms with Gasteiger partial charge in [0.05, 0.1) is 11.6 Å². The van der Waals surface area contributed by atoms with Gasteiger partial charge in [-0.05, 0) is 55.2 Å². The van der Waals surface area contributed by atoms with E-state index in [1.165, 1.54) is 30.3 Å². The van der Waals surface area contributed by atoms with Crippen molar-refractivity contribution in [2.45, 2.75) is 43.7 Å². The third kappa shape index (κ3) is 3.36. The molecule has 27 heavy (non-hydrogen) atoms. The Bertz CT molecular complexity index is 838. The van der Waals surface area contributed by atoms with Gasteiger partial charge in [0.2, 0.25) is 0 Å². The van der Waals surface area contributed by atoms with Crippen LogP contribution in [0.2, 0.25) is 0 Å². The van der Waals surface area contributed by atoms with E-state index in [9.17, 15) is 18.7 Å². The first-order chi connectivity index (χ1) is 13.0. The van der Waals surface area contributed by atoms with Crippen LogP contribution >= 0.6 is 0 Å². The molecule has 142 valence electrons. The normalized spacial score (nSPS) is 27.9. The molecule has 3 atom stereocenters. The second kappa shape index (κ2) is 7.04. The summed E-state index contributed by atoms with van der Waals surface area (Å²) in [6.07, 6.45) is 4.01. The van der Waals surface area contributed by atoms with E-state index in [4.69, 9.17) is 0 Å². The molecule has 3 unspecified atom stereocenters. The fourth-order valence-corrected chi connectivity index (χ4v) is 4.77. The lowest BCUT2D eigenvalue weighted by Gasteiger charge is -2.52. The zero-order chi connectivity index (χ0) is 19.0. The Morgan fingerprint density at radius 2 is 1.81 bits per heavy atom. The van der Waals surface area contributed by atoms with Gasteiger partial charge in [0.25, 0.3) is 5.91 Å². The first-order valence-electron chi connectivity index (χ1n) is 9.52. The molecular formula is C22H23F2NO2. The molecule has 3 nitrogen and oxygen atoms in total. The van der Waals surface area contributed by atoms with Gasteiger partial charge in [0, 0.05) is 18.0 Å². The summed E-state index contributed by atoms with van der Waals surface area (Å²) in [7, 11) is 0. The minimum absolute atomic E-state index is 0.108. The summed E-state index contributed by atoms with van der Waals surface area (Å²) in [5.41, 5.74) is 0.297. The molecular weight excluding hydrogens is 348 g/mol. The Morgan fingerprint density at radius 3 is 2.56 bits per heavy atom. The van der Waals surface area contributed by atoms with E-state index in [2.05, 4.69) is 0 Å². The number of likely N-dealkylation sites (tertiary alicyclic amines) is 1. The van der Waals surface area contributed by atoms with Crippen LogP contribution in [0.5, 0.6) is 0 Å². The topological polar surface area (TPSA) is 40.5 Å². The number of carbonyl (C=O) groups excluding carboxylic acids is 1. The lowest BCUT2D eigenvalue weighted by Crippen LogP contribution is -2.56. The molecule has 0 spiro atoms. The molecule has 1 aliphatic heterocycles. The molecule has 4 rings (SSSR count). The molecule has 2 aliphatic rings. The third-order valence-corrected chi connectivity index (χ3v) is 6.11. The van der Waals surface area contributed by atoms with Crippen molar-refractivity contribution in [1.29, 1.82) is 0 Å². The Hall–Kier alpha value is -2.27. The van der Waals surface area contributed by atoms with Gasteiger partial charge in [-0.3, -0.25) is 4.79 Å². The van der Waals surface area contributed by atoms with Crippen LogP contribution in [-0.4, -0.2) is 28.1 Å². The summed E-state index contributed by atoms with van der Waals surface area (Å²) in [5.74, 6) is -1.15. The first-order valence-corrected chi connectivity index (χ1v) is 9.52. The van der Waals surface area contributed by atoms with E-state index in [0.717, 1.165) is 31.2 Å². The summed E-state index contributed by atoms with van der Waals surface area (Å²) in [5, 5.41) is 11.2. The number of fused-ring (bicyclic) bond motifs is 1. The molecule has 1 saturated heterocycles. The molecule has 0 bridgehead atoms. The SMILES string of the molecule is O=C(c1cccc(F)c1)N1CCC2(O)CCCCC2C1c1ccc(F)cc1. The van der Waals surface area contributed by atoms with Crippen molar-refractivity contribution in [3.63, 3.8) is 0 Å². The third-order valence-electron chi connectivity index (χ3n) is 6.11. The first kappa shape index (κ1) is 18.1. The minimum atomic E-state index is -0.810. The molecule has 0 radical (unpaired) electrons. The molecule has 1 saturated carbocycles. The molecule has 2 aromatic rings. The van der Waals surface area contributed by atoms with Gasteiger partial charge in [-0.25, -0.2) is 8.78 Å². The zero-order valence-corrected chi connectivity index (χ0v) is 15.1. The Kier molecular flexibility index (Phi) is 4.72. The van der Waals surface area contributed by atoms with E-state index >= 15 is 0 Å². The fraction of sp³-hybridized carbons (Fsp3) is 0.409. The second-order valence-electron chi connectivity index (χ2n) is 7.71. The zero-order valence-electron chi connectivity index (χ0n) is 15.1. The molecule has 1 heterocycles. The highest BCUT2D eigenvalue weighted by Gasteiger charge is 2.50. The van der Waals surface area contributed by atoms with Gasteiger partial charge in [-0.2, -0.15) is 0 Å². The molecule has 1 aliphatic carbocycles. The van der Waals surface area contributed by atoms with Crippen LogP contribution in [0.25, 0.3) is 0 Å². The van der Waals surface area contributed by atoms with Gasteiger partial charge in [-0.15, -0.1) is 0 Å². The number of piperidine rings is 1. The highest BCUT2D eigenvalue weighted by Crippen LogP contribution is 2.49. The van der Waals surface area contributed by atoms with Crippen molar-refractivity contribution >= 4 is 5.91 Å². The quantitative estimate of drug-likeness (QED) is 0.846. The summed E-state index contributed by atoms with van der Waals surface area (Å²) in [4.78, 5) is 14.9. The predicted molar refractivity (Wildman–Crippen MR) is 98.1 cm³/mol. The highest BCUT2D eigenvalue weighted by molar-refractivity contribution is 5.94. The second-order valence-corrected chi connectivity index (χ2v) is 7.71. The number of nitrogens with zero attached hydrogens (tertiary/aromatic N) is 1. The van der Waals surface area contributed by atoms with Gasteiger partial charge < -0.3 is 10.0 Å². The Labute approximate surface area is 157 Å². The van der Waals surface area contributed by atoms with Crippen molar-refractivity contribution in [2.75, 3.05) is 6.54 Å². The van der Waals surface area contributed by atoms with Crippen molar-refractivity contribution in [3.05, 3.63) is 71.3 Å². The highest BCUT2D eigenvalue weighted by atomic mass is 19.1. The van der Waals surface area contributed by atoms with Gasteiger partial charge >= 0.3 is 0 Å². The van der Waals surface area contributed by atoms with Crippen molar-refractivity contribution in [2.24, 2.45) is 5.92 Å². The average Bonchev–Trinajstić information content (AvgIpc) is 2.67.